The maximum absolute atomic E-state index is 12.7. The number of aliphatic carboxylic acids is 1. The summed E-state index contributed by atoms with van der Waals surface area (Å²) in [4.78, 5) is 28.5. The number of fused-ring (bicyclic) bond motifs is 1. The fourth-order valence-corrected chi connectivity index (χ4v) is 4.26. The van der Waals surface area contributed by atoms with Crippen LogP contribution < -0.4 is 0 Å². The van der Waals surface area contributed by atoms with E-state index >= 15 is 0 Å². The first kappa shape index (κ1) is 17.9. The van der Waals surface area contributed by atoms with E-state index in [4.69, 9.17) is 5.11 Å². The molecule has 0 bridgehead atoms. The number of likely N-dealkylation sites (tertiary alicyclic amines) is 2. The molecule has 0 unspecified atom stereocenters. The first-order valence-electron chi connectivity index (χ1n) is 8.86. The van der Waals surface area contributed by atoms with Gasteiger partial charge in [0.05, 0.1) is 18.4 Å². The first-order chi connectivity index (χ1) is 12.0. The van der Waals surface area contributed by atoms with Gasteiger partial charge in [-0.2, -0.15) is 0 Å². The molecule has 6 nitrogen and oxygen atoms in total. The Bertz CT molecular complexity index is 645. The van der Waals surface area contributed by atoms with Crippen LogP contribution >= 0.6 is 0 Å². The van der Waals surface area contributed by atoms with Gasteiger partial charge in [0, 0.05) is 19.1 Å². The number of nitrogens with zero attached hydrogens (tertiary/aromatic N) is 2. The highest BCUT2D eigenvalue weighted by Gasteiger charge is 2.52. The quantitative estimate of drug-likeness (QED) is 0.854. The average Bonchev–Trinajstić information content (AvgIpc) is 2.62. The van der Waals surface area contributed by atoms with Crippen LogP contribution in [0.5, 0.6) is 0 Å². The minimum absolute atomic E-state index is 0.00830. The Morgan fingerprint density at radius 1 is 1.16 bits per heavy atom. The molecule has 3 rings (SSSR count). The third kappa shape index (κ3) is 3.41. The van der Waals surface area contributed by atoms with E-state index in [9.17, 15) is 14.7 Å². The highest BCUT2D eigenvalue weighted by molar-refractivity contribution is 5.80. The smallest absolute Gasteiger partial charge is 0.311 e. The molecule has 2 atom stereocenters. The number of likely N-dealkylation sites (N-methyl/N-ethyl adjacent to an activating group) is 1. The number of aliphatic hydroxyl groups is 1. The largest absolute Gasteiger partial charge is 0.481 e. The van der Waals surface area contributed by atoms with Crippen LogP contribution in [0.4, 0.5) is 0 Å². The molecule has 136 valence electrons. The van der Waals surface area contributed by atoms with Crippen molar-refractivity contribution in [1.82, 2.24) is 9.80 Å². The molecule has 25 heavy (non-hydrogen) atoms. The lowest BCUT2D eigenvalue weighted by Crippen LogP contribution is -2.63. The number of piperidine rings is 2. The number of rotatable bonds is 4. The van der Waals surface area contributed by atoms with Gasteiger partial charge in [-0.3, -0.25) is 9.59 Å². The Kier molecular flexibility index (Phi) is 5.11. The molecule has 2 heterocycles. The van der Waals surface area contributed by atoms with Crippen molar-refractivity contribution >= 4 is 11.9 Å². The number of carboxylic acid groups (broad SMARTS) is 1. The summed E-state index contributed by atoms with van der Waals surface area (Å²) in [5, 5.41) is 18.9. The van der Waals surface area contributed by atoms with Gasteiger partial charge in [0.15, 0.2) is 0 Å². The normalized spacial score (nSPS) is 27.0. The third-order valence-electron chi connectivity index (χ3n) is 5.86. The molecule has 2 saturated heterocycles. The summed E-state index contributed by atoms with van der Waals surface area (Å²) < 4.78 is 0. The maximum Gasteiger partial charge on any atom is 0.311 e. The van der Waals surface area contributed by atoms with Gasteiger partial charge in [0.1, 0.15) is 0 Å². The number of carbonyl (C=O) groups is 2. The molecular formula is C19H26N2O4. The van der Waals surface area contributed by atoms with Gasteiger partial charge in [-0.25, -0.2) is 0 Å². The number of amides is 1. The molecule has 1 aromatic carbocycles. The SMILES string of the molecule is CN1CCC[C@]2(C(=O)O)CCN(C(=O)Cc3ccc(CO)cc3)C[C@@H]12. The van der Waals surface area contributed by atoms with Crippen LogP contribution in [0.1, 0.15) is 30.4 Å². The summed E-state index contributed by atoms with van der Waals surface area (Å²) in [6.07, 6.45) is 2.42. The number of hydrogen-bond acceptors (Lipinski definition) is 4. The van der Waals surface area contributed by atoms with E-state index in [1.54, 1.807) is 0 Å². The van der Waals surface area contributed by atoms with Crippen molar-refractivity contribution in [1.29, 1.82) is 0 Å². The van der Waals surface area contributed by atoms with E-state index in [0.29, 0.717) is 32.4 Å². The molecule has 0 spiro atoms. The fraction of sp³-hybridized carbons (Fsp3) is 0.579. The zero-order valence-electron chi connectivity index (χ0n) is 14.6. The number of carboxylic acids is 1. The van der Waals surface area contributed by atoms with E-state index in [1.807, 2.05) is 36.2 Å². The Hall–Kier alpha value is -1.92. The van der Waals surface area contributed by atoms with Crippen LogP contribution in [-0.2, 0) is 22.6 Å². The molecule has 1 amide bonds. The Balaban J connectivity index is 1.69. The van der Waals surface area contributed by atoms with E-state index < -0.39 is 11.4 Å². The molecule has 0 aliphatic carbocycles. The summed E-state index contributed by atoms with van der Waals surface area (Å²) >= 11 is 0. The molecule has 2 N–H and O–H groups in total. The van der Waals surface area contributed by atoms with Crippen LogP contribution in [0.15, 0.2) is 24.3 Å². The van der Waals surface area contributed by atoms with E-state index in [-0.39, 0.29) is 18.6 Å². The minimum Gasteiger partial charge on any atom is -0.481 e. The molecule has 2 aliphatic heterocycles. The second kappa shape index (κ2) is 7.14. The van der Waals surface area contributed by atoms with Crippen molar-refractivity contribution < 1.29 is 19.8 Å². The molecule has 0 radical (unpaired) electrons. The number of hydrogen-bond donors (Lipinski definition) is 2. The topological polar surface area (TPSA) is 81.1 Å². The van der Waals surface area contributed by atoms with Crippen molar-refractivity contribution in [2.24, 2.45) is 5.41 Å². The van der Waals surface area contributed by atoms with Crippen molar-refractivity contribution in [2.75, 3.05) is 26.7 Å². The van der Waals surface area contributed by atoms with Gasteiger partial charge in [0.25, 0.3) is 0 Å². The zero-order valence-corrected chi connectivity index (χ0v) is 14.6. The number of carbonyl (C=O) groups excluding carboxylic acids is 1. The molecule has 0 saturated carbocycles. The van der Waals surface area contributed by atoms with Gasteiger partial charge in [0.2, 0.25) is 5.91 Å². The molecule has 2 aliphatic rings. The zero-order chi connectivity index (χ0) is 18.0. The van der Waals surface area contributed by atoms with Crippen LogP contribution in [0.25, 0.3) is 0 Å². The van der Waals surface area contributed by atoms with E-state index in [1.165, 1.54) is 0 Å². The Morgan fingerprint density at radius 2 is 1.84 bits per heavy atom. The predicted molar refractivity (Wildman–Crippen MR) is 93.0 cm³/mol. The van der Waals surface area contributed by atoms with Gasteiger partial charge in [-0.15, -0.1) is 0 Å². The summed E-state index contributed by atoms with van der Waals surface area (Å²) in [6, 6.07) is 7.25. The van der Waals surface area contributed by atoms with Crippen LogP contribution in [0.3, 0.4) is 0 Å². The van der Waals surface area contributed by atoms with Crippen molar-refractivity contribution in [3.05, 3.63) is 35.4 Å². The van der Waals surface area contributed by atoms with Crippen molar-refractivity contribution in [3.63, 3.8) is 0 Å². The Labute approximate surface area is 148 Å². The third-order valence-corrected chi connectivity index (χ3v) is 5.86. The number of benzene rings is 1. The van der Waals surface area contributed by atoms with Crippen molar-refractivity contribution in [3.8, 4) is 0 Å². The van der Waals surface area contributed by atoms with E-state index in [0.717, 1.165) is 24.1 Å². The fourth-order valence-electron chi connectivity index (χ4n) is 4.26. The highest BCUT2D eigenvalue weighted by Crippen LogP contribution is 2.42. The van der Waals surface area contributed by atoms with Gasteiger partial charge < -0.3 is 20.0 Å². The van der Waals surface area contributed by atoms with Crippen LogP contribution in [0.2, 0.25) is 0 Å². The second-order valence-corrected chi connectivity index (χ2v) is 7.30. The minimum atomic E-state index is -0.726. The van der Waals surface area contributed by atoms with Crippen LogP contribution in [0, 0.1) is 5.41 Å². The summed E-state index contributed by atoms with van der Waals surface area (Å²) in [6.45, 7) is 1.86. The lowest BCUT2D eigenvalue weighted by atomic mass is 9.68. The van der Waals surface area contributed by atoms with Crippen molar-refractivity contribution in [2.45, 2.75) is 38.3 Å². The monoisotopic (exact) mass is 346 g/mol. The maximum atomic E-state index is 12.7. The highest BCUT2D eigenvalue weighted by atomic mass is 16.4. The van der Waals surface area contributed by atoms with Gasteiger partial charge in [-0.1, -0.05) is 24.3 Å². The van der Waals surface area contributed by atoms with E-state index in [2.05, 4.69) is 4.90 Å². The molecule has 2 fully saturated rings. The van der Waals surface area contributed by atoms with Crippen LogP contribution in [-0.4, -0.2) is 64.6 Å². The van der Waals surface area contributed by atoms with Gasteiger partial charge >= 0.3 is 5.97 Å². The average molecular weight is 346 g/mol. The first-order valence-corrected chi connectivity index (χ1v) is 8.86. The lowest BCUT2D eigenvalue weighted by molar-refractivity contribution is -0.165. The molecule has 0 aromatic heterocycles. The van der Waals surface area contributed by atoms with Gasteiger partial charge in [-0.05, 0) is 44.0 Å². The predicted octanol–water partition coefficient (Wildman–Crippen LogP) is 1.12. The molecule has 1 aromatic rings. The summed E-state index contributed by atoms with van der Waals surface area (Å²) in [5.41, 5.74) is 1.02. The number of aliphatic hydroxyl groups excluding tert-OH is 1. The standard InChI is InChI=1S/C19H26N2O4/c1-20-9-2-7-19(18(24)25)8-10-21(12-16(19)20)17(23)11-14-3-5-15(13-22)6-4-14/h3-6,16,22H,2,7-13H2,1H3,(H,24,25)/t16-,19+/m1/s1. The Morgan fingerprint density at radius 3 is 2.48 bits per heavy atom. The molecule has 6 heteroatoms. The summed E-state index contributed by atoms with van der Waals surface area (Å²) in [5.74, 6) is -0.689. The lowest BCUT2D eigenvalue weighted by Gasteiger charge is -2.51. The second-order valence-electron chi connectivity index (χ2n) is 7.30. The summed E-state index contributed by atoms with van der Waals surface area (Å²) in [7, 11) is 1.96. The molecular weight excluding hydrogens is 320 g/mol.